The molecular weight excluding hydrogens is 314 g/mol. The number of hydrogen-bond acceptors (Lipinski definition) is 5. The summed E-state index contributed by atoms with van der Waals surface area (Å²) in [7, 11) is 1.51. The topological polar surface area (TPSA) is 66.7 Å². The maximum absolute atomic E-state index is 9.75. The lowest BCUT2D eigenvalue weighted by Crippen LogP contribution is -1.93. The maximum Gasteiger partial charge on any atom is 0.160 e. The average Bonchev–Trinajstić information content (AvgIpc) is 2.55. The highest BCUT2D eigenvalue weighted by Gasteiger charge is 2.02. The van der Waals surface area contributed by atoms with Gasteiger partial charge in [0.2, 0.25) is 0 Å². The molecule has 6 heteroatoms. The minimum absolute atomic E-state index is 0.0699. The van der Waals surface area contributed by atoms with Crippen LogP contribution >= 0.6 is 11.6 Å². The van der Waals surface area contributed by atoms with Crippen LogP contribution in [-0.2, 0) is 0 Å². The number of nitrogens with zero attached hydrogens (tertiary/aromatic N) is 2. The number of methoxy groups -OCH3 is 1. The SMILES string of the molecule is COc1ccc(/C=N/Nc2ccnc3cc(Cl)ccc23)cc1O. The molecule has 1 aromatic heterocycles. The van der Waals surface area contributed by atoms with Gasteiger partial charge >= 0.3 is 0 Å². The summed E-state index contributed by atoms with van der Waals surface area (Å²) in [5.41, 5.74) is 5.34. The summed E-state index contributed by atoms with van der Waals surface area (Å²) < 4.78 is 5.00. The number of benzene rings is 2. The average molecular weight is 328 g/mol. The zero-order valence-electron chi connectivity index (χ0n) is 12.3. The summed E-state index contributed by atoms with van der Waals surface area (Å²) in [5.74, 6) is 0.493. The van der Waals surface area contributed by atoms with E-state index < -0.39 is 0 Å². The number of nitrogens with one attached hydrogen (secondary N) is 1. The van der Waals surface area contributed by atoms with Crippen LogP contribution in [0.5, 0.6) is 11.5 Å². The Morgan fingerprint density at radius 2 is 2.09 bits per heavy atom. The molecule has 2 N–H and O–H groups in total. The summed E-state index contributed by atoms with van der Waals surface area (Å²) in [5, 5.41) is 15.5. The molecule has 1 heterocycles. The van der Waals surface area contributed by atoms with Gasteiger partial charge in [-0.05, 0) is 48.0 Å². The molecule has 23 heavy (non-hydrogen) atoms. The van der Waals surface area contributed by atoms with Crippen molar-refractivity contribution in [1.29, 1.82) is 0 Å². The number of rotatable bonds is 4. The quantitative estimate of drug-likeness (QED) is 0.560. The third-order valence-corrected chi connectivity index (χ3v) is 3.54. The number of phenols is 1. The van der Waals surface area contributed by atoms with Gasteiger partial charge in [-0.2, -0.15) is 5.10 Å². The second kappa shape index (κ2) is 6.54. The molecule has 0 amide bonds. The number of halogens is 1. The highest BCUT2D eigenvalue weighted by atomic mass is 35.5. The monoisotopic (exact) mass is 327 g/mol. The fourth-order valence-electron chi connectivity index (χ4n) is 2.18. The Balaban J connectivity index is 1.82. The van der Waals surface area contributed by atoms with E-state index in [1.54, 1.807) is 36.7 Å². The van der Waals surface area contributed by atoms with E-state index in [-0.39, 0.29) is 5.75 Å². The fourth-order valence-corrected chi connectivity index (χ4v) is 2.35. The van der Waals surface area contributed by atoms with Crippen molar-refractivity contribution in [1.82, 2.24) is 4.98 Å². The molecule has 0 saturated carbocycles. The first-order valence-electron chi connectivity index (χ1n) is 6.88. The first kappa shape index (κ1) is 15.1. The van der Waals surface area contributed by atoms with Gasteiger partial charge in [-0.3, -0.25) is 10.4 Å². The Morgan fingerprint density at radius 3 is 2.87 bits per heavy atom. The number of phenolic OH excluding ortho intramolecular Hbond substituents is 1. The molecule has 0 saturated heterocycles. The standard InChI is InChI=1S/C17H14ClN3O2/c1-23-17-5-2-11(8-16(17)22)10-20-21-14-6-7-19-15-9-12(18)3-4-13(14)15/h2-10,22H,1H3,(H,19,21)/b20-10+. The predicted molar refractivity (Wildman–Crippen MR) is 92.6 cm³/mol. The summed E-state index contributed by atoms with van der Waals surface area (Å²) in [4.78, 5) is 4.28. The predicted octanol–water partition coefficient (Wildman–Crippen LogP) is 4.05. The number of aromatic hydroxyl groups is 1. The Morgan fingerprint density at radius 1 is 1.22 bits per heavy atom. The number of anilines is 1. The Kier molecular flexibility index (Phi) is 4.30. The third-order valence-electron chi connectivity index (χ3n) is 3.31. The normalized spacial score (nSPS) is 11.0. The van der Waals surface area contributed by atoms with Crippen molar-refractivity contribution in [3.63, 3.8) is 0 Å². The van der Waals surface area contributed by atoms with Gasteiger partial charge in [-0.25, -0.2) is 0 Å². The Bertz CT molecular complexity index is 881. The van der Waals surface area contributed by atoms with Crippen LogP contribution in [0.2, 0.25) is 5.02 Å². The van der Waals surface area contributed by atoms with Gasteiger partial charge in [-0.1, -0.05) is 11.6 Å². The minimum atomic E-state index is 0.0699. The molecule has 0 atom stereocenters. The van der Waals surface area contributed by atoms with Crippen LogP contribution in [0.15, 0.2) is 53.8 Å². The van der Waals surface area contributed by atoms with Crippen LogP contribution < -0.4 is 10.2 Å². The number of hydrogen-bond donors (Lipinski definition) is 2. The second-order valence-electron chi connectivity index (χ2n) is 4.82. The number of ether oxygens (including phenoxy) is 1. The first-order chi connectivity index (χ1) is 11.2. The van der Waals surface area contributed by atoms with E-state index in [2.05, 4.69) is 15.5 Å². The summed E-state index contributed by atoms with van der Waals surface area (Å²) in [6.07, 6.45) is 3.30. The number of fused-ring (bicyclic) bond motifs is 1. The Labute approximate surface area is 138 Å². The molecule has 0 unspecified atom stereocenters. The van der Waals surface area contributed by atoms with Crippen LogP contribution in [0.25, 0.3) is 10.9 Å². The van der Waals surface area contributed by atoms with Gasteiger partial charge in [0, 0.05) is 16.6 Å². The van der Waals surface area contributed by atoms with Crippen LogP contribution in [-0.4, -0.2) is 23.4 Å². The van der Waals surface area contributed by atoms with Gasteiger partial charge in [0.1, 0.15) is 0 Å². The molecule has 0 aliphatic heterocycles. The van der Waals surface area contributed by atoms with E-state index in [4.69, 9.17) is 16.3 Å². The molecular formula is C17H14ClN3O2. The van der Waals surface area contributed by atoms with Crippen molar-refractivity contribution >= 4 is 34.4 Å². The molecule has 0 radical (unpaired) electrons. The lowest BCUT2D eigenvalue weighted by molar-refractivity contribution is 0.373. The van der Waals surface area contributed by atoms with E-state index >= 15 is 0 Å². The van der Waals surface area contributed by atoms with Crippen molar-refractivity contribution in [2.24, 2.45) is 5.10 Å². The van der Waals surface area contributed by atoms with Crippen molar-refractivity contribution in [2.75, 3.05) is 12.5 Å². The van der Waals surface area contributed by atoms with Gasteiger partial charge in [0.05, 0.1) is 24.5 Å². The number of pyridine rings is 1. The van der Waals surface area contributed by atoms with E-state index in [9.17, 15) is 5.11 Å². The van der Waals surface area contributed by atoms with E-state index in [1.807, 2.05) is 18.2 Å². The summed E-state index contributed by atoms with van der Waals surface area (Å²) in [6.45, 7) is 0. The van der Waals surface area contributed by atoms with Crippen LogP contribution in [0.4, 0.5) is 5.69 Å². The van der Waals surface area contributed by atoms with Crippen LogP contribution in [0, 0.1) is 0 Å². The van der Waals surface area contributed by atoms with Gasteiger partial charge in [0.15, 0.2) is 11.5 Å². The van der Waals surface area contributed by atoms with Crippen molar-refractivity contribution in [3.8, 4) is 11.5 Å². The third kappa shape index (κ3) is 3.35. The molecule has 3 rings (SSSR count). The van der Waals surface area contributed by atoms with Crippen LogP contribution in [0.3, 0.4) is 0 Å². The molecule has 2 aromatic carbocycles. The zero-order valence-corrected chi connectivity index (χ0v) is 13.1. The maximum atomic E-state index is 9.75. The second-order valence-corrected chi connectivity index (χ2v) is 5.26. The van der Waals surface area contributed by atoms with Gasteiger partial charge < -0.3 is 9.84 Å². The van der Waals surface area contributed by atoms with Crippen molar-refractivity contribution in [2.45, 2.75) is 0 Å². The first-order valence-corrected chi connectivity index (χ1v) is 7.25. The van der Waals surface area contributed by atoms with Crippen LogP contribution in [0.1, 0.15) is 5.56 Å². The Hall–Kier alpha value is -2.79. The fraction of sp³-hybridized carbons (Fsp3) is 0.0588. The van der Waals surface area contributed by atoms with E-state index in [1.165, 1.54) is 7.11 Å². The van der Waals surface area contributed by atoms with Gasteiger partial charge in [-0.15, -0.1) is 0 Å². The highest BCUT2D eigenvalue weighted by Crippen LogP contribution is 2.26. The van der Waals surface area contributed by atoms with Gasteiger partial charge in [0.25, 0.3) is 0 Å². The van der Waals surface area contributed by atoms with Crippen molar-refractivity contribution < 1.29 is 9.84 Å². The molecule has 0 bridgehead atoms. The summed E-state index contributed by atoms with van der Waals surface area (Å²) >= 11 is 5.97. The largest absolute Gasteiger partial charge is 0.504 e. The lowest BCUT2D eigenvalue weighted by atomic mass is 10.2. The zero-order chi connectivity index (χ0) is 16.2. The molecule has 5 nitrogen and oxygen atoms in total. The molecule has 3 aromatic rings. The minimum Gasteiger partial charge on any atom is -0.504 e. The molecule has 0 aliphatic rings. The molecule has 0 fully saturated rings. The van der Waals surface area contributed by atoms with E-state index in [0.29, 0.717) is 10.8 Å². The number of hydrazone groups is 1. The number of aromatic nitrogens is 1. The molecule has 116 valence electrons. The molecule has 0 spiro atoms. The highest BCUT2D eigenvalue weighted by molar-refractivity contribution is 6.31. The smallest absolute Gasteiger partial charge is 0.160 e. The summed E-state index contributed by atoms with van der Waals surface area (Å²) in [6, 6.07) is 12.4. The van der Waals surface area contributed by atoms with Crippen molar-refractivity contribution in [3.05, 3.63) is 59.2 Å². The van der Waals surface area contributed by atoms with E-state index in [0.717, 1.165) is 22.2 Å². The molecule has 0 aliphatic carbocycles. The lowest BCUT2D eigenvalue weighted by Gasteiger charge is -2.06.